The second-order valence-corrected chi connectivity index (χ2v) is 4.22. The molecule has 0 aliphatic carbocycles. The molecule has 0 N–H and O–H groups in total. The molecule has 5 nitrogen and oxygen atoms in total. The van der Waals surface area contributed by atoms with Crippen molar-refractivity contribution >= 4 is 28.1 Å². The van der Waals surface area contributed by atoms with Crippen LogP contribution in [0, 0.1) is 0 Å². The molecule has 0 atom stereocenters. The number of alkyl halides is 1. The molecule has 0 bridgehead atoms. The highest BCUT2D eigenvalue weighted by Crippen LogP contribution is 2.48. The van der Waals surface area contributed by atoms with E-state index in [0.717, 1.165) is 10.8 Å². The third-order valence-electron chi connectivity index (χ3n) is 2.63. The normalized spacial score (nSPS) is 15.6. The Bertz CT molecular complexity index is 681. The van der Waals surface area contributed by atoms with Crippen molar-refractivity contribution in [2.45, 2.75) is 5.12 Å². The lowest BCUT2D eigenvalue weighted by Gasteiger charge is -2.08. The molecule has 2 aromatic rings. The van der Waals surface area contributed by atoms with Crippen molar-refractivity contribution in [1.29, 1.82) is 0 Å². The van der Waals surface area contributed by atoms with Crippen molar-refractivity contribution in [1.82, 2.24) is 0 Å². The summed E-state index contributed by atoms with van der Waals surface area (Å²) < 4.78 is 0. The van der Waals surface area contributed by atoms with E-state index in [-0.39, 0.29) is 0 Å². The summed E-state index contributed by atoms with van der Waals surface area (Å²) in [5, 5.41) is 12.1. The molecule has 1 aliphatic heterocycles. The van der Waals surface area contributed by atoms with Gasteiger partial charge in [-0.15, -0.1) is 10.2 Å². The fourth-order valence-electron chi connectivity index (χ4n) is 1.77. The second-order valence-electron chi connectivity index (χ2n) is 3.69. The van der Waals surface area contributed by atoms with Crippen LogP contribution in [0.15, 0.2) is 51.7 Å². The molecule has 3 rings (SSSR count). The molecule has 0 amide bonds. The largest absolute Gasteiger partial charge is 0.289 e. The average Bonchev–Trinajstić information content (AvgIpc) is 3.08. The van der Waals surface area contributed by atoms with Crippen LogP contribution in [0.2, 0.25) is 0 Å². The highest BCUT2D eigenvalue weighted by Gasteiger charge is 2.41. The Morgan fingerprint density at radius 2 is 1.82 bits per heavy atom. The quantitative estimate of drug-likeness (QED) is 0.243. The van der Waals surface area contributed by atoms with Crippen LogP contribution in [-0.2, 0) is 5.12 Å². The number of hydrogen-bond acceptors (Lipinski definition) is 3. The van der Waals surface area contributed by atoms with E-state index in [4.69, 9.17) is 17.1 Å². The van der Waals surface area contributed by atoms with Gasteiger partial charge in [0.25, 0.3) is 5.12 Å². The summed E-state index contributed by atoms with van der Waals surface area (Å²) in [5.74, 6) is 0. The standard InChI is InChI=1S/C11H6ClN5/c12-11(15-16-11)9-5-7-3-1-2-4-8(7)6-10(9)14-17-13/h1-6H. The van der Waals surface area contributed by atoms with E-state index in [9.17, 15) is 0 Å². The zero-order valence-corrected chi connectivity index (χ0v) is 9.33. The van der Waals surface area contributed by atoms with Crippen LogP contribution in [0.5, 0.6) is 0 Å². The topological polar surface area (TPSA) is 73.5 Å². The average molecular weight is 244 g/mol. The van der Waals surface area contributed by atoms with E-state index < -0.39 is 5.12 Å². The monoisotopic (exact) mass is 243 g/mol. The molecule has 0 saturated carbocycles. The molecule has 2 aromatic carbocycles. The smallest absolute Gasteiger partial charge is 0.135 e. The maximum Gasteiger partial charge on any atom is 0.289 e. The fourth-order valence-corrected chi connectivity index (χ4v) is 1.95. The highest BCUT2D eigenvalue weighted by molar-refractivity contribution is 6.25. The Labute approximate surface area is 101 Å². The van der Waals surface area contributed by atoms with Crippen LogP contribution in [0.4, 0.5) is 5.69 Å². The van der Waals surface area contributed by atoms with Gasteiger partial charge in [0.15, 0.2) is 0 Å². The van der Waals surface area contributed by atoms with Crippen molar-refractivity contribution in [3.8, 4) is 0 Å². The molecule has 1 heterocycles. The van der Waals surface area contributed by atoms with Gasteiger partial charge in [-0.1, -0.05) is 41.0 Å². The number of rotatable bonds is 2. The summed E-state index contributed by atoms with van der Waals surface area (Å²) in [5.41, 5.74) is 9.64. The van der Waals surface area contributed by atoms with E-state index in [2.05, 4.69) is 20.3 Å². The number of azide groups is 1. The van der Waals surface area contributed by atoms with Gasteiger partial charge in [-0.25, -0.2) is 0 Å². The number of fused-ring (bicyclic) bond motifs is 1. The first-order valence-electron chi connectivity index (χ1n) is 4.94. The minimum atomic E-state index is -1.06. The van der Waals surface area contributed by atoms with Crippen LogP contribution in [0.25, 0.3) is 21.2 Å². The van der Waals surface area contributed by atoms with E-state index in [0.29, 0.717) is 11.3 Å². The van der Waals surface area contributed by atoms with Crippen LogP contribution >= 0.6 is 11.6 Å². The highest BCUT2D eigenvalue weighted by atomic mass is 35.5. The molecular formula is C11H6ClN5. The molecule has 0 unspecified atom stereocenters. The molecule has 0 radical (unpaired) electrons. The molecule has 17 heavy (non-hydrogen) atoms. The Hall–Kier alpha value is -2.10. The molecule has 0 fully saturated rings. The number of benzene rings is 2. The third-order valence-corrected chi connectivity index (χ3v) is 2.99. The van der Waals surface area contributed by atoms with Crippen LogP contribution in [0.3, 0.4) is 0 Å². The first-order valence-corrected chi connectivity index (χ1v) is 5.32. The van der Waals surface area contributed by atoms with Crippen LogP contribution in [0.1, 0.15) is 5.56 Å². The van der Waals surface area contributed by atoms with Crippen molar-refractivity contribution in [2.75, 3.05) is 0 Å². The van der Waals surface area contributed by atoms with Gasteiger partial charge in [0.1, 0.15) is 0 Å². The Balaban J connectivity index is 2.31. The van der Waals surface area contributed by atoms with Gasteiger partial charge >= 0.3 is 0 Å². The number of hydrogen-bond donors (Lipinski definition) is 0. The molecule has 0 aromatic heterocycles. The van der Waals surface area contributed by atoms with E-state index in [1.807, 2.05) is 30.3 Å². The van der Waals surface area contributed by atoms with Crippen molar-refractivity contribution in [2.24, 2.45) is 15.3 Å². The number of halogens is 1. The fraction of sp³-hybridized carbons (Fsp3) is 0.0909. The van der Waals surface area contributed by atoms with E-state index in [1.54, 1.807) is 6.07 Å². The van der Waals surface area contributed by atoms with Gasteiger partial charge in [-0.05, 0) is 28.4 Å². The third kappa shape index (κ3) is 1.62. The number of nitrogens with zero attached hydrogens (tertiary/aromatic N) is 5. The summed E-state index contributed by atoms with van der Waals surface area (Å²) >= 11 is 6.09. The zero-order chi connectivity index (χ0) is 11.9. The Morgan fingerprint density at radius 3 is 2.41 bits per heavy atom. The van der Waals surface area contributed by atoms with E-state index in [1.165, 1.54) is 0 Å². The lowest BCUT2D eigenvalue weighted by Crippen LogP contribution is -1.98. The summed E-state index contributed by atoms with van der Waals surface area (Å²) in [7, 11) is 0. The summed E-state index contributed by atoms with van der Waals surface area (Å²) in [6, 6.07) is 11.4. The summed E-state index contributed by atoms with van der Waals surface area (Å²) in [4.78, 5) is 2.80. The van der Waals surface area contributed by atoms with Gasteiger partial charge in [0.2, 0.25) is 0 Å². The lowest BCUT2D eigenvalue weighted by atomic mass is 10.0. The molecule has 1 aliphatic rings. The first-order chi connectivity index (χ1) is 8.23. The van der Waals surface area contributed by atoms with Crippen molar-refractivity contribution < 1.29 is 0 Å². The van der Waals surface area contributed by atoms with E-state index >= 15 is 0 Å². The lowest BCUT2D eigenvalue weighted by molar-refractivity contribution is 0.942. The van der Waals surface area contributed by atoms with Gasteiger partial charge in [-0.2, -0.15) is 0 Å². The van der Waals surface area contributed by atoms with Gasteiger partial charge in [0, 0.05) is 16.2 Å². The zero-order valence-electron chi connectivity index (χ0n) is 8.58. The van der Waals surface area contributed by atoms with Crippen molar-refractivity contribution in [3.05, 3.63) is 52.4 Å². The van der Waals surface area contributed by atoms with Gasteiger partial charge in [0.05, 0.1) is 0 Å². The van der Waals surface area contributed by atoms with Crippen LogP contribution < -0.4 is 0 Å². The maximum absolute atomic E-state index is 8.56. The Morgan fingerprint density at radius 1 is 1.18 bits per heavy atom. The second kappa shape index (κ2) is 3.45. The van der Waals surface area contributed by atoms with Crippen molar-refractivity contribution in [3.63, 3.8) is 0 Å². The molecular weight excluding hydrogens is 238 g/mol. The Kier molecular flexibility index (Phi) is 2.04. The van der Waals surface area contributed by atoms with Crippen LogP contribution in [-0.4, -0.2) is 0 Å². The maximum atomic E-state index is 8.56. The SMILES string of the molecule is [N-]=[N+]=Nc1cc2ccccc2cc1C1(Cl)N=N1. The molecule has 82 valence electrons. The predicted octanol–water partition coefficient (Wildman–Crippen LogP) is 4.60. The van der Waals surface area contributed by atoms with Gasteiger partial charge in [-0.3, -0.25) is 0 Å². The molecule has 6 heteroatoms. The first kappa shape index (κ1) is 10.1. The van der Waals surface area contributed by atoms with Gasteiger partial charge < -0.3 is 0 Å². The summed E-state index contributed by atoms with van der Waals surface area (Å²) in [6.07, 6.45) is 0. The molecule has 0 saturated heterocycles. The minimum absolute atomic E-state index is 0.464. The summed E-state index contributed by atoms with van der Waals surface area (Å²) in [6.45, 7) is 0. The predicted molar refractivity (Wildman–Crippen MR) is 65.1 cm³/mol. The molecule has 0 spiro atoms. The minimum Gasteiger partial charge on any atom is -0.135 e.